The van der Waals surface area contributed by atoms with Gasteiger partial charge in [-0.2, -0.15) is 0 Å². The van der Waals surface area contributed by atoms with Crippen LogP contribution in [-0.4, -0.2) is 16.0 Å². The first-order valence-electron chi connectivity index (χ1n) is 8.18. The van der Waals surface area contributed by atoms with E-state index < -0.39 is 0 Å². The number of rotatable bonds is 5. The highest BCUT2D eigenvalue weighted by atomic mass is 16.3. The smallest absolute Gasteiger partial charge is 0.132 e. The Morgan fingerprint density at radius 1 is 1.14 bits per heavy atom. The van der Waals surface area contributed by atoms with Gasteiger partial charge in [0.25, 0.3) is 0 Å². The summed E-state index contributed by atoms with van der Waals surface area (Å²) in [6.07, 6.45) is 9.49. The van der Waals surface area contributed by atoms with Crippen LogP contribution in [-0.2, 0) is 6.54 Å². The number of nitrogens with zero attached hydrogens (tertiary/aromatic N) is 2. The van der Waals surface area contributed by atoms with Crippen molar-refractivity contribution in [3.8, 4) is 0 Å². The average Bonchev–Trinajstić information content (AvgIpc) is 2.89. The van der Waals surface area contributed by atoms with E-state index in [4.69, 9.17) is 4.42 Å². The van der Waals surface area contributed by atoms with Crippen LogP contribution < -0.4 is 10.6 Å². The van der Waals surface area contributed by atoms with E-state index in [0.717, 1.165) is 23.2 Å². The third kappa shape index (κ3) is 4.23. The lowest BCUT2D eigenvalue weighted by molar-refractivity contribution is 0.517. The van der Waals surface area contributed by atoms with Crippen LogP contribution in [0.3, 0.4) is 0 Å². The lowest BCUT2D eigenvalue weighted by Gasteiger charge is -2.17. The zero-order chi connectivity index (χ0) is 15.2. The van der Waals surface area contributed by atoms with Crippen molar-refractivity contribution in [1.29, 1.82) is 0 Å². The summed E-state index contributed by atoms with van der Waals surface area (Å²) in [5.74, 6) is 3.43. The molecule has 1 aliphatic rings. The molecule has 0 atom stereocenters. The molecule has 5 nitrogen and oxygen atoms in total. The van der Waals surface area contributed by atoms with Gasteiger partial charge in [0.05, 0.1) is 12.8 Å². The Morgan fingerprint density at radius 3 is 2.64 bits per heavy atom. The van der Waals surface area contributed by atoms with Gasteiger partial charge in [0, 0.05) is 12.1 Å². The monoisotopic (exact) mass is 300 g/mol. The molecule has 0 radical (unpaired) electrons. The first-order valence-corrected chi connectivity index (χ1v) is 8.18. The molecule has 22 heavy (non-hydrogen) atoms. The average molecular weight is 300 g/mol. The summed E-state index contributed by atoms with van der Waals surface area (Å²) in [7, 11) is 0. The molecule has 1 fully saturated rings. The van der Waals surface area contributed by atoms with Crippen molar-refractivity contribution in [1.82, 2.24) is 9.97 Å². The van der Waals surface area contributed by atoms with Crippen LogP contribution in [0.5, 0.6) is 0 Å². The molecular weight excluding hydrogens is 276 g/mol. The number of furan rings is 1. The van der Waals surface area contributed by atoms with Gasteiger partial charge in [-0.1, -0.05) is 25.7 Å². The van der Waals surface area contributed by atoms with E-state index in [0.29, 0.717) is 12.6 Å². The van der Waals surface area contributed by atoms with Crippen LogP contribution in [0.4, 0.5) is 11.6 Å². The van der Waals surface area contributed by atoms with Gasteiger partial charge in [0.15, 0.2) is 0 Å². The lowest BCUT2D eigenvalue weighted by atomic mass is 10.1. The van der Waals surface area contributed by atoms with E-state index in [9.17, 15) is 0 Å². The van der Waals surface area contributed by atoms with Gasteiger partial charge >= 0.3 is 0 Å². The highest BCUT2D eigenvalue weighted by Crippen LogP contribution is 2.21. The van der Waals surface area contributed by atoms with Crippen molar-refractivity contribution in [3.05, 3.63) is 36.0 Å². The number of hydrogen-bond acceptors (Lipinski definition) is 5. The lowest BCUT2D eigenvalue weighted by Crippen LogP contribution is -2.19. The van der Waals surface area contributed by atoms with Crippen molar-refractivity contribution < 1.29 is 4.42 Å². The Bertz CT molecular complexity index is 574. The first kappa shape index (κ1) is 14.9. The van der Waals surface area contributed by atoms with Crippen molar-refractivity contribution in [3.63, 3.8) is 0 Å². The minimum absolute atomic E-state index is 0.537. The molecule has 2 aromatic rings. The third-order valence-corrected chi connectivity index (χ3v) is 4.07. The quantitative estimate of drug-likeness (QED) is 0.813. The summed E-state index contributed by atoms with van der Waals surface area (Å²) in [5.41, 5.74) is 0. The summed E-state index contributed by atoms with van der Waals surface area (Å²) in [6, 6.07) is 6.36. The van der Waals surface area contributed by atoms with E-state index in [1.54, 1.807) is 6.26 Å². The minimum atomic E-state index is 0.537. The standard InChI is InChI=1S/C17H24N4O/c1-13-19-16(18-12-15-9-6-10-22-15)11-17(20-13)21-14-7-4-2-3-5-8-14/h6,9-11,14H,2-5,7-8,12H2,1H3,(H2,18,19,20,21). The van der Waals surface area contributed by atoms with Crippen LogP contribution in [0.15, 0.2) is 28.9 Å². The van der Waals surface area contributed by atoms with Crippen molar-refractivity contribution in [2.24, 2.45) is 0 Å². The zero-order valence-corrected chi connectivity index (χ0v) is 13.1. The molecule has 1 aliphatic carbocycles. The fourth-order valence-electron chi connectivity index (χ4n) is 2.96. The van der Waals surface area contributed by atoms with E-state index >= 15 is 0 Å². The summed E-state index contributed by atoms with van der Waals surface area (Å²) in [4.78, 5) is 8.96. The molecule has 5 heteroatoms. The number of aryl methyl sites for hydroxylation is 1. The molecule has 0 unspecified atom stereocenters. The Morgan fingerprint density at radius 2 is 1.91 bits per heavy atom. The molecule has 0 aromatic carbocycles. The molecule has 118 valence electrons. The third-order valence-electron chi connectivity index (χ3n) is 4.07. The Hall–Kier alpha value is -2.04. The molecule has 3 rings (SSSR count). The fraction of sp³-hybridized carbons (Fsp3) is 0.529. The number of aromatic nitrogens is 2. The highest BCUT2D eigenvalue weighted by molar-refractivity contribution is 5.48. The molecule has 0 spiro atoms. The van der Waals surface area contributed by atoms with Crippen LogP contribution in [0, 0.1) is 6.92 Å². The van der Waals surface area contributed by atoms with Crippen LogP contribution in [0.2, 0.25) is 0 Å². The second kappa shape index (κ2) is 7.29. The molecule has 2 heterocycles. The van der Waals surface area contributed by atoms with Crippen molar-refractivity contribution in [2.75, 3.05) is 10.6 Å². The van der Waals surface area contributed by atoms with Gasteiger partial charge in [-0.05, 0) is 31.9 Å². The molecule has 0 amide bonds. The summed E-state index contributed by atoms with van der Waals surface area (Å²) >= 11 is 0. The molecule has 0 aliphatic heterocycles. The van der Waals surface area contributed by atoms with E-state index in [2.05, 4.69) is 20.6 Å². The molecule has 0 saturated heterocycles. The van der Waals surface area contributed by atoms with E-state index in [1.807, 2.05) is 25.1 Å². The minimum Gasteiger partial charge on any atom is -0.467 e. The predicted octanol–water partition coefficient (Wildman–Crippen LogP) is 4.12. The van der Waals surface area contributed by atoms with E-state index in [-0.39, 0.29) is 0 Å². The SMILES string of the molecule is Cc1nc(NCc2ccco2)cc(NC2CCCCCC2)n1. The van der Waals surface area contributed by atoms with Gasteiger partial charge in [-0.25, -0.2) is 9.97 Å². The largest absolute Gasteiger partial charge is 0.467 e. The van der Waals surface area contributed by atoms with Gasteiger partial charge in [-0.15, -0.1) is 0 Å². The topological polar surface area (TPSA) is 63.0 Å². The summed E-state index contributed by atoms with van der Waals surface area (Å²) in [6.45, 7) is 2.56. The predicted molar refractivity (Wildman–Crippen MR) is 87.9 cm³/mol. The number of anilines is 2. The van der Waals surface area contributed by atoms with Crippen LogP contribution >= 0.6 is 0 Å². The van der Waals surface area contributed by atoms with Crippen LogP contribution in [0.25, 0.3) is 0 Å². The second-order valence-electron chi connectivity index (χ2n) is 5.95. The second-order valence-corrected chi connectivity index (χ2v) is 5.95. The highest BCUT2D eigenvalue weighted by Gasteiger charge is 2.13. The summed E-state index contributed by atoms with van der Waals surface area (Å²) < 4.78 is 5.33. The van der Waals surface area contributed by atoms with Crippen LogP contribution in [0.1, 0.15) is 50.1 Å². The Balaban J connectivity index is 1.63. The van der Waals surface area contributed by atoms with Gasteiger partial charge in [0.1, 0.15) is 23.2 Å². The molecule has 2 N–H and O–H groups in total. The fourth-order valence-corrected chi connectivity index (χ4v) is 2.96. The number of nitrogens with one attached hydrogen (secondary N) is 2. The van der Waals surface area contributed by atoms with Gasteiger partial charge in [0.2, 0.25) is 0 Å². The summed E-state index contributed by atoms with van der Waals surface area (Å²) in [5, 5.41) is 6.87. The molecular formula is C17H24N4O. The molecule has 1 saturated carbocycles. The van der Waals surface area contributed by atoms with Crippen molar-refractivity contribution >= 4 is 11.6 Å². The maximum absolute atomic E-state index is 5.33. The van der Waals surface area contributed by atoms with E-state index in [1.165, 1.54) is 38.5 Å². The normalized spacial score (nSPS) is 16.2. The maximum atomic E-state index is 5.33. The van der Waals surface area contributed by atoms with Gasteiger partial charge in [-0.3, -0.25) is 0 Å². The first-order chi connectivity index (χ1) is 10.8. The molecule has 0 bridgehead atoms. The maximum Gasteiger partial charge on any atom is 0.132 e. The Kier molecular flexibility index (Phi) is 4.93. The van der Waals surface area contributed by atoms with Crippen molar-refractivity contribution in [2.45, 2.75) is 58.0 Å². The number of hydrogen-bond donors (Lipinski definition) is 2. The molecule has 2 aromatic heterocycles. The Labute approximate surface area is 131 Å². The zero-order valence-electron chi connectivity index (χ0n) is 13.1. The van der Waals surface area contributed by atoms with Gasteiger partial charge < -0.3 is 15.1 Å².